The number of hydrogen-bond donors (Lipinski definition) is 0. The second-order valence-electron chi connectivity index (χ2n) is 16.5. The molecule has 6 nitrogen and oxygen atoms in total. The first-order valence-corrected chi connectivity index (χ1v) is 26.1. The molecule has 1 unspecified atom stereocenters. The molecule has 0 N–H and O–H groups in total. The van der Waals surface area contributed by atoms with E-state index in [2.05, 4.69) is 106 Å². The summed E-state index contributed by atoms with van der Waals surface area (Å²) in [7, 11) is 0. The van der Waals surface area contributed by atoms with Crippen LogP contribution in [0.2, 0.25) is 0 Å². The molecule has 0 aliphatic rings. The van der Waals surface area contributed by atoms with Crippen LogP contribution in [0.5, 0.6) is 0 Å². The number of carbonyl (C=O) groups is 3. The van der Waals surface area contributed by atoms with E-state index < -0.39 is 6.10 Å². The Labute approximate surface area is 409 Å². The Morgan fingerprint density at radius 2 is 0.657 bits per heavy atom. The average molecular weight is 921 g/mol. The van der Waals surface area contributed by atoms with Crippen LogP contribution < -0.4 is 0 Å². The number of ether oxygens (including phenoxy) is 3. The monoisotopic (exact) mass is 921 g/mol. The largest absolute Gasteiger partial charge is 0.462 e. The lowest BCUT2D eigenvalue weighted by Gasteiger charge is -2.18. The van der Waals surface area contributed by atoms with Gasteiger partial charge in [-0.15, -0.1) is 0 Å². The van der Waals surface area contributed by atoms with Gasteiger partial charge in [-0.25, -0.2) is 0 Å². The Balaban J connectivity index is 4.56. The fraction of sp³-hybridized carbons (Fsp3) is 0.525. The highest BCUT2D eigenvalue weighted by molar-refractivity contribution is 5.71. The Morgan fingerprint density at radius 3 is 1.12 bits per heavy atom. The van der Waals surface area contributed by atoms with Gasteiger partial charge in [0, 0.05) is 19.3 Å². The predicted octanol–water partition coefficient (Wildman–Crippen LogP) is 17.4. The third kappa shape index (κ3) is 51.9. The van der Waals surface area contributed by atoms with Gasteiger partial charge in [-0.2, -0.15) is 0 Å². The summed E-state index contributed by atoms with van der Waals surface area (Å²) in [6.45, 7) is 6.22. The molecule has 0 radical (unpaired) electrons. The van der Waals surface area contributed by atoms with Crippen LogP contribution >= 0.6 is 0 Å². The van der Waals surface area contributed by atoms with Gasteiger partial charge in [-0.05, 0) is 96.3 Å². The maximum absolute atomic E-state index is 12.8. The van der Waals surface area contributed by atoms with Crippen LogP contribution in [0.25, 0.3) is 0 Å². The second-order valence-corrected chi connectivity index (χ2v) is 16.5. The van der Waals surface area contributed by atoms with E-state index in [1.54, 1.807) is 0 Å². The highest BCUT2D eigenvalue weighted by Crippen LogP contribution is 2.12. The van der Waals surface area contributed by atoms with Crippen LogP contribution in [0.1, 0.15) is 188 Å². The van der Waals surface area contributed by atoms with Gasteiger partial charge < -0.3 is 14.2 Å². The quantitative estimate of drug-likeness (QED) is 0.0199. The van der Waals surface area contributed by atoms with Crippen LogP contribution in [0.3, 0.4) is 0 Å². The van der Waals surface area contributed by atoms with E-state index in [1.807, 2.05) is 72.9 Å². The van der Waals surface area contributed by atoms with Crippen molar-refractivity contribution in [3.8, 4) is 0 Å². The molecule has 0 aromatic heterocycles. The topological polar surface area (TPSA) is 78.9 Å². The predicted molar refractivity (Wildman–Crippen MR) is 288 cm³/mol. The fourth-order valence-corrected chi connectivity index (χ4v) is 6.33. The van der Waals surface area contributed by atoms with E-state index in [9.17, 15) is 14.4 Å². The van der Waals surface area contributed by atoms with E-state index in [4.69, 9.17) is 14.2 Å². The minimum atomic E-state index is -0.824. The van der Waals surface area contributed by atoms with Crippen LogP contribution in [-0.4, -0.2) is 37.2 Å². The molecular formula is C61H92O6. The molecule has 1 atom stereocenters. The van der Waals surface area contributed by atoms with Gasteiger partial charge in [0.05, 0.1) is 0 Å². The third-order valence-electron chi connectivity index (χ3n) is 10.2. The molecule has 0 aromatic rings. The molecule has 0 aromatic carbocycles. The summed E-state index contributed by atoms with van der Waals surface area (Å²) >= 11 is 0. The number of esters is 3. The van der Waals surface area contributed by atoms with Crippen molar-refractivity contribution in [3.05, 3.63) is 158 Å². The SMILES string of the molecule is CC\C=C/C=C\C=C/C=C\C=C\C=C/C=C\CCCCCC(=O)OCC(COC(=O)CCCCC/C=C\C=C/CCCC)OC(=O)CCCCCCCC/C=C\C/C=C\C/C=C\C/C=C\CC. The zero-order valence-electron chi connectivity index (χ0n) is 42.3. The van der Waals surface area contributed by atoms with Gasteiger partial charge in [-0.3, -0.25) is 14.4 Å². The molecule has 0 heterocycles. The van der Waals surface area contributed by atoms with Gasteiger partial charge in [0.2, 0.25) is 0 Å². The summed E-state index contributed by atoms with van der Waals surface area (Å²) in [5, 5.41) is 0. The normalized spacial score (nSPS) is 13.4. The van der Waals surface area contributed by atoms with Gasteiger partial charge in [-0.1, -0.05) is 230 Å². The van der Waals surface area contributed by atoms with Crippen molar-refractivity contribution in [2.75, 3.05) is 13.2 Å². The number of hydrogen-bond acceptors (Lipinski definition) is 6. The van der Waals surface area contributed by atoms with E-state index in [-0.39, 0.29) is 44.0 Å². The zero-order chi connectivity index (χ0) is 48.6. The summed E-state index contributed by atoms with van der Waals surface area (Å²) in [6, 6.07) is 0. The molecule has 67 heavy (non-hydrogen) atoms. The first-order chi connectivity index (χ1) is 33.0. The Kier molecular flexibility index (Phi) is 49.7. The van der Waals surface area contributed by atoms with Crippen LogP contribution in [0.15, 0.2) is 158 Å². The summed E-state index contributed by atoms with van der Waals surface area (Å²) in [5.74, 6) is -1.02. The third-order valence-corrected chi connectivity index (χ3v) is 10.2. The van der Waals surface area contributed by atoms with Crippen molar-refractivity contribution in [2.24, 2.45) is 0 Å². The molecule has 0 aliphatic carbocycles. The van der Waals surface area contributed by atoms with Crippen LogP contribution in [0.4, 0.5) is 0 Å². The van der Waals surface area contributed by atoms with Crippen LogP contribution in [0, 0.1) is 0 Å². The number of carbonyl (C=O) groups excluding carboxylic acids is 3. The number of unbranched alkanes of at least 4 members (excludes halogenated alkanes) is 14. The molecule has 0 aliphatic heterocycles. The van der Waals surface area contributed by atoms with E-state index in [1.165, 1.54) is 25.7 Å². The minimum absolute atomic E-state index is 0.121. The molecule has 0 saturated carbocycles. The number of rotatable bonds is 44. The van der Waals surface area contributed by atoms with Crippen molar-refractivity contribution in [1.82, 2.24) is 0 Å². The average Bonchev–Trinajstić information content (AvgIpc) is 3.33. The summed E-state index contributed by atoms with van der Waals surface area (Å²) in [4.78, 5) is 38.0. The summed E-state index contributed by atoms with van der Waals surface area (Å²) < 4.78 is 16.7. The standard InChI is InChI=1S/C61H92O6/c1-4-7-10-13-16-19-22-24-26-28-30-32-34-36-39-42-45-48-51-54-60(63)66-57-58(56-65-59(62)53-50-47-44-41-38-21-18-15-12-9-6-3)67-61(64)55-52-49-46-43-40-37-35-33-31-29-27-25-23-20-17-14-11-8-5-2/h7-8,10-11,13,15-22,24-28,30-34,36,38-39,58H,4-6,9,12,14,23,29,35,37,40-57H2,1-3H3/b10-7-,11-8-,16-13-,18-15-,20-17-,22-19-,26-24-,27-25-,30-28+,33-31-,34-32-,38-21-,39-36-. The van der Waals surface area contributed by atoms with Gasteiger partial charge >= 0.3 is 17.9 Å². The minimum Gasteiger partial charge on any atom is -0.462 e. The van der Waals surface area contributed by atoms with Gasteiger partial charge in [0.15, 0.2) is 6.10 Å². The van der Waals surface area contributed by atoms with Crippen molar-refractivity contribution in [3.63, 3.8) is 0 Å². The van der Waals surface area contributed by atoms with E-state index in [0.29, 0.717) is 12.8 Å². The Morgan fingerprint density at radius 1 is 0.328 bits per heavy atom. The molecule has 0 saturated heterocycles. The first-order valence-electron chi connectivity index (χ1n) is 26.1. The smallest absolute Gasteiger partial charge is 0.306 e. The molecule has 0 rings (SSSR count). The lowest BCUT2D eigenvalue weighted by Crippen LogP contribution is -2.30. The molecular weight excluding hydrogens is 829 g/mol. The highest BCUT2D eigenvalue weighted by Gasteiger charge is 2.19. The fourth-order valence-electron chi connectivity index (χ4n) is 6.33. The highest BCUT2D eigenvalue weighted by atomic mass is 16.6. The summed E-state index contributed by atoms with van der Waals surface area (Å²) in [6.07, 6.45) is 77.9. The lowest BCUT2D eigenvalue weighted by atomic mass is 10.1. The molecule has 0 spiro atoms. The van der Waals surface area contributed by atoms with Crippen molar-refractivity contribution in [2.45, 2.75) is 194 Å². The maximum Gasteiger partial charge on any atom is 0.306 e. The van der Waals surface area contributed by atoms with Gasteiger partial charge in [0.1, 0.15) is 13.2 Å². The van der Waals surface area contributed by atoms with Gasteiger partial charge in [0.25, 0.3) is 0 Å². The van der Waals surface area contributed by atoms with E-state index >= 15 is 0 Å². The van der Waals surface area contributed by atoms with Crippen molar-refractivity contribution in [1.29, 1.82) is 0 Å². The Bertz CT molecular complexity index is 1570. The van der Waals surface area contributed by atoms with Crippen molar-refractivity contribution >= 4 is 17.9 Å². The number of allylic oxidation sites excluding steroid dienone is 26. The zero-order valence-corrected chi connectivity index (χ0v) is 42.3. The second kappa shape index (κ2) is 53.6. The maximum atomic E-state index is 12.8. The lowest BCUT2D eigenvalue weighted by molar-refractivity contribution is -0.167. The van der Waals surface area contributed by atoms with Crippen molar-refractivity contribution < 1.29 is 28.6 Å². The first kappa shape index (κ1) is 62.0. The molecule has 0 amide bonds. The Hall–Kier alpha value is -4.97. The summed E-state index contributed by atoms with van der Waals surface area (Å²) in [5.41, 5.74) is 0. The molecule has 0 fully saturated rings. The molecule has 0 bridgehead atoms. The van der Waals surface area contributed by atoms with E-state index in [0.717, 1.165) is 116 Å². The molecule has 372 valence electrons. The molecule has 6 heteroatoms. The van der Waals surface area contributed by atoms with Crippen LogP contribution in [-0.2, 0) is 28.6 Å².